The van der Waals surface area contributed by atoms with E-state index in [1.54, 1.807) is 4.90 Å². The average Bonchev–Trinajstić information content (AvgIpc) is 3.45. The molecule has 1 saturated carbocycles. The maximum absolute atomic E-state index is 13.0. The molecule has 1 amide bonds. The van der Waals surface area contributed by atoms with E-state index in [0.717, 1.165) is 28.8 Å². The number of anilines is 1. The zero-order valence-electron chi connectivity index (χ0n) is 14.7. The Balaban J connectivity index is 1.77. The van der Waals surface area contributed by atoms with Gasteiger partial charge in [-0.3, -0.25) is 4.79 Å². The summed E-state index contributed by atoms with van der Waals surface area (Å²) >= 11 is 1.22. The average molecular weight is 377 g/mol. The minimum atomic E-state index is -1.00. The summed E-state index contributed by atoms with van der Waals surface area (Å²) in [7, 11) is 0. The Kier molecular flexibility index (Phi) is 4.77. The third-order valence-electron chi connectivity index (χ3n) is 4.63. The number of carbonyl (C=O) groups is 2. The van der Waals surface area contributed by atoms with Crippen LogP contribution in [0.3, 0.4) is 0 Å². The van der Waals surface area contributed by atoms with E-state index < -0.39 is 5.97 Å². The number of thiophene rings is 1. The number of amides is 1. The van der Waals surface area contributed by atoms with Crippen molar-refractivity contribution < 1.29 is 14.7 Å². The van der Waals surface area contributed by atoms with Crippen LogP contribution in [-0.2, 0) is 11.3 Å². The topological polar surface area (TPSA) is 57.6 Å². The van der Waals surface area contributed by atoms with Crippen molar-refractivity contribution in [1.82, 2.24) is 0 Å². The van der Waals surface area contributed by atoms with Crippen molar-refractivity contribution in [2.24, 2.45) is 5.92 Å². The number of aromatic carboxylic acids is 1. The molecule has 4 rings (SSSR count). The monoisotopic (exact) mass is 377 g/mol. The molecule has 1 N–H and O–H groups in total. The summed E-state index contributed by atoms with van der Waals surface area (Å²) in [6.07, 6.45) is 1.75. The molecule has 0 spiro atoms. The van der Waals surface area contributed by atoms with Gasteiger partial charge in [0.25, 0.3) is 0 Å². The maximum Gasteiger partial charge on any atom is 0.348 e. The number of carboxylic acids is 1. The standard InChI is InChI=1S/C22H19NO3S/c24-21(17-11-12-17)23(14-15-7-3-1-4-8-15)18-13-19(27-20(18)22(25)26)16-9-5-2-6-10-16/h1-10,13,17H,11-12,14H2,(H,25,26). The van der Waals surface area contributed by atoms with Gasteiger partial charge in [0.2, 0.25) is 5.91 Å². The minimum Gasteiger partial charge on any atom is -0.477 e. The minimum absolute atomic E-state index is 0.00966. The van der Waals surface area contributed by atoms with E-state index in [-0.39, 0.29) is 16.7 Å². The normalized spacial score (nSPS) is 13.3. The number of benzene rings is 2. The summed E-state index contributed by atoms with van der Waals surface area (Å²) in [6, 6.07) is 21.2. The molecule has 0 saturated heterocycles. The third-order valence-corrected chi connectivity index (χ3v) is 5.79. The summed E-state index contributed by atoms with van der Waals surface area (Å²) in [5.74, 6) is -0.979. The highest BCUT2D eigenvalue weighted by molar-refractivity contribution is 7.18. The Bertz CT molecular complexity index is 962. The molecule has 136 valence electrons. The van der Waals surface area contributed by atoms with E-state index in [4.69, 9.17) is 0 Å². The first kappa shape index (κ1) is 17.5. The molecule has 3 aromatic rings. The van der Waals surface area contributed by atoms with Gasteiger partial charge in [-0.1, -0.05) is 60.7 Å². The van der Waals surface area contributed by atoms with E-state index in [2.05, 4.69) is 0 Å². The third kappa shape index (κ3) is 3.78. The van der Waals surface area contributed by atoms with Gasteiger partial charge in [0.15, 0.2) is 0 Å². The van der Waals surface area contributed by atoms with Crippen molar-refractivity contribution >= 4 is 28.9 Å². The molecule has 0 unspecified atom stereocenters. The molecule has 1 aliphatic rings. The van der Waals surface area contributed by atoms with Crippen LogP contribution in [0.15, 0.2) is 66.7 Å². The molecule has 1 aromatic heterocycles. The summed E-state index contributed by atoms with van der Waals surface area (Å²) < 4.78 is 0. The second-order valence-corrected chi connectivity index (χ2v) is 7.73. The molecule has 1 fully saturated rings. The second-order valence-electron chi connectivity index (χ2n) is 6.68. The Morgan fingerprint density at radius 1 is 1.00 bits per heavy atom. The molecule has 4 nitrogen and oxygen atoms in total. The predicted molar refractivity (Wildman–Crippen MR) is 107 cm³/mol. The predicted octanol–water partition coefficient (Wildman–Crippen LogP) is 5.06. The summed E-state index contributed by atoms with van der Waals surface area (Å²) in [4.78, 5) is 27.6. The second kappa shape index (κ2) is 7.37. The molecule has 1 heterocycles. The summed E-state index contributed by atoms with van der Waals surface area (Å²) in [5, 5.41) is 9.75. The molecule has 0 atom stereocenters. The highest BCUT2D eigenvalue weighted by Gasteiger charge is 2.36. The quantitative estimate of drug-likeness (QED) is 0.653. The van der Waals surface area contributed by atoms with Crippen LogP contribution in [0.1, 0.15) is 28.1 Å². The van der Waals surface area contributed by atoms with Gasteiger partial charge in [-0.25, -0.2) is 4.79 Å². The van der Waals surface area contributed by atoms with Crippen molar-refractivity contribution in [2.45, 2.75) is 19.4 Å². The number of rotatable bonds is 6. The number of nitrogens with zero attached hydrogens (tertiary/aromatic N) is 1. The maximum atomic E-state index is 13.0. The van der Waals surface area contributed by atoms with Crippen LogP contribution in [0.2, 0.25) is 0 Å². The van der Waals surface area contributed by atoms with Gasteiger partial charge < -0.3 is 10.0 Å². The van der Waals surface area contributed by atoms with Gasteiger partial charge in [-0.2, -0.15) is 0 Å². The molecule has 0 radical (unpaired) electrons. The lowest BCUT2D eigenvalue weighted by atomic mass is 10.1. The fourth-order valence-corrected chi connectivity index (χ4v) is 4.08. The van der Waals surface area contributed by atoms with E-state index in [0.29, 0.717) is 12.2 Å². The van der Waals surface area contributed by atoms with Crippen LogP contribution in [0.5, 0.6) is 0 Å². The molecular weight excluding hydrogens is 358 g/mol. The molecule has 2 aromatic carbocycles. The lowest BCUT2D eigenvalue weighted by molar-refractivity contribution is -0.119. The van der Waals surface area contributed by atoms with Crippen LogP contribution in [-0.4, -0.2) is 17.0 Å². The number of hydrogen-bond donors (Lipinski definition) is 1. The fraction of sp³-hybridized carbons (Fsp3) is 0.182. The lowest BCUT2D eigenvalue weighted by Crippen LogP contribution is -2.32. The Morgan fingerprint density at radius 3 is 2.22 bits per heavy atom. The van der Waals surface area contributed by atoms with Gasteiger partial charge in [0.05, 0.1) is 12.2 Å². The van der Waals surface area contributed by atoms with E-state index in [1.165, 1.54) is 11.3 Å². The van der Waals surface area contributed by atoms with Gasteiger partial charge >= 0.3 is 5.97 Å². The summed E-state index contributed by atoms with van der Waals surface area (Å²) in [5.41, 5.74) is 2.43. The van der Waals surface area contributed by atoms with Crippen LogP contribution in [0.4, 0.5) is 5.69 Å². The Hall–Kier alpha value is -2.92. The van der Waals surface area contributed by atoms with Gasteiger partial charge in [-0.15, -0.1) is 11.3 Å². The number of carboxylic acid groups (broad SMARTS) is 1. The van der Waals surface area contributed by atoms with E-state index in [9.17, 15) is 14.7 Å². The van der Waals surface area contributed by atoms with Gasteiger partial charge in [-0.05, 0) is 30.0 Å². The summed E-state index contributed by atoms with van der Waals surface area (Å²) in [6.45, 7) is 0.376. The van der Waals surface area contributed by atoms with Crippen LogP contribution in [0.25, 0.3) is 10.4 Å². The first-order chi connectivity index (χ1) is 13.1. The first-order valence-electron chi connectivity index (χ1n) is 8.91. The molecular formula is C22H19NO3S. The molecule has 1 aliphatic carbocycles. The highest BCUT2D eigenvalue weighted by atomic mass is 32.1. The Morgan fingerprint density at radius 2 is 1.63 bits per heavy atom. The SMILES string of the molecule is O=C(O)c1sc(-c2ccccc2)cc1N(Cc1ccccc1)C(=O)C1CC1. The van der Waals surface area contributed by atoms with Crippen molar-refractivity contribution in [3.8, 4) is 10.4 Å². The Labute approximate surface area is 161 Å². The van der Waals surface area contributed by atoms with Crippen molar-refractivity contribution in [3.05, 3.63) is 77.2 Å². The van der Waals surface area contributed by atoms with Gasteiger partial charge in [0, 0.05) is 10.8 Å². The van der Waals surface area contributed by atoms with Crippen LogP contribution in [0, 0.1) is 5.92 Å². The van der Waals surface area contributed by atoms with E-state index in [1.807, 2.05) is 66.7 Å². The van der Waals surface area contributed by atoms with Crippen molar-refractivity contribution in [3.63, 3.8) is 0 Å². The zero-order chi connectivity index (χ0) is 18.8. The lowest BCUT2D eigenvalue weighted by Gasteiger charge is -2.22. The highest BCUT2D eigenvalue weighted by Crippen LogP contribution is 2.40. The largest absolute Gasteiger partial charge is 0.477 e. The van der Waals surface area contributed by atoms with Crippen LogP contribution >= 0.6 is 11.3 Å². The smallest absolute Gasteiger partial charge is 0.348 e. The van der Waals surface area contributed by atoms with Crippen LogP contribution < -0.4 is 4.90 Å². The molecule has 5 heteroatoms. The molecule has 27 heavy (non-hydrogen) atoms. The van der Waals surface area contributed by atoms with Crippen molar-refractivity contribution in [1.29, 1.82) is 0 Å². The van der Waals surface area contributed by atoms with Gasteiger partial charge in [0.1, 0.15) is 4.88 Å². The molecule has 0 aliphatic heterocycles. The number of hydrogen-bond acceptors (Lipinski definition) is 3. The fourth-order valence-electron chi connectivity index (χ4n) is 3.08. The zero-order valence-corrected chi connectivity index (χ0v) is 15.5. The van der Waals surface area contributed by atoms with E-state index >= 15 is 0 Å². The number of carbonyl (C=O) groups excluding carboxylic acids is 1. The first-order valence-corrected chi connectivity index (χ1v) is 9.73. The van der Waals surface area contributed by atoms with Crippen molar-refractivity contribution in [2.75, 3.05) is 4.90 Å². The molecule has 0 bridgehead atoms.